The van der Waals surface area contributed by atoms with Crippen molar-refractivity contribution >= 4 is 60.7 Å². The minimum absolute atomic E-state index is 0.00232. The zero-order valence-corrected chi connectivity index (χ0v) is 33.4. The van der Waals surface area contributed by atoms with Gasteiger partial charge in [0.25, 0.3) is 10.1 Å². The molecule has 0 saturated heterocycles. The van der Waals surface area contributed by atoms with Crippen molar-refractivity contribution in [2.75, 3.05) is 18.9 Å². The lowest BCUT2D eigenvalue weighted by Gasteiger charge is -2.42. The van der Waals surface area contributed by atoms with E-state index >= 15 is 8.60 Å². The molecule has 0 spiro atoms. The highest BCUT2D eigenvalue weighted by Gasteiger charge is 2.50. The molecule has 14 heteroatoms. The van der Waals surface area contributed by atoms with Gasteiger partial charge in [-0.05, 0) is 87.8 Å². The summed E-state index contributed by atoms with van der Waals surface area (Å²) in [6, 6.07) is 10.5. The summed E-state index contributed by atoms with van der Waals surface area (Å²) >= 11 is 3.50. The van der Waals surface area contributed by atoms with Crippen molar-refractivity contribution in [1.82, 2.24) is 4.98 Å². The van der Waals surface area contributed by atoms with Gasteiger partial charge in [0.2, 0.25) is 0 Å². The van der Waals surface area contributed by atoms with E-state index in [4.69, 9.17) is 13.9 Å². The number of nitrogens with zero attached hydrogens (tertiary/aromatic N) is 3. The zero-order chi connectivity index (χ0) is 35.6. The monoisotopic (exact) mass is 773 g/mol. The topological polar surface area (TPSA) is 124 Å². The number of hydrogen-bond acceptors (Lipinski definition) is 9. The summed E-state index contributed by atoms with van der Waals surface area (Å²) < 4.78 is 72.0. The number of rotatable bonds is 12. The fraction of sp³-hybridized carbons (Fsp3) is 0.606. The first-order valence-corrected chi connectivity index (χ1v) is 22.4. The minimum atomic E-state index is -4.07. The molecule has 9 nitrogen and oxygen atoms in total. The van der Waals surface area contributed by atoms with Crippen LogP contribution in [0, 0.1) is 12.7 Å². The van der Waals surface area contributed by atoms with Gasteiger partial charge < -0.3 is 4.74 Å². The third kappa shape index (κ3) is 8.60. The standard InChI is InChI=1S/C33H49BrFN3O6S2Si/c1-11-47(12-2,13-3)25-20-27(34)37-30(29(25)35)33(10)22-45(40,32(8,9)26(38-33)21-28(39)44-31(5,6)7)36-18-19-43-46(41,42)24-16-14-23(4)15-17-24/h14-17,20H,11-13,18-19,21-22H2,1-10H3/t33-,45-/m0/s1. The summed E-state index contributed by atoms with van der Waals surface area (Å²) in [5.74, 6) is -1.24. The maximum atomic E-state index is 16.8. The highest BCUT2D eigenvalue weighted by Crippen LogP contribution is 2.41. The Hall–Kier alpha value is -2.00. The van der Waals surface area contributed by atoms with Gasteiger partial charge in [0.05, 0.1) is 52.8 Å². The molecule has 3 rings (SSSR count). The SMILES string of the molecule is CC[Si](CC)(CC)c1cc(Br)nc([C@]2(C)C[S@@](=O)(=NCCOS(=O)(=O)c3ccc(C)cc3)C(C)(C)C(CC(=O)OC(C)(C)C)=N2)c1F. The van der Waals surface area contributed by atoms with E-state index in [1.54, 1.807) is 59.7 Å². The zero-order valence-electron chi connectivity index (χ0n) is 29.2. The molecule has 0 aliphatic carbocycles. The van der Waals surface area contributed by atoms with E-state index in [0.717, 1.165) is 23.7 Å². The van der Waals surface area contributed by atoms with Crippen LogP contribution in [0.2, 0.25) is 18.1 Å². The third-order valence-electron chi connectivity index (χ3n) is 9.06. The molecule has 1 aromatic carbocycles. The molecule has 262 valence electrons. The summed E-state index contributed by atoms with van der Waals surface area (Å²) in [4.78, 5) is 22.7. The average molecular weight is 775 g/mol. The number of aryl methyl sites for hydroxylation is 1. The number of aliphatic imine (C=N–C) groups is 1. The molecule has 1 aliphatic heterocycles. The second-order valence-electron chi connectivity index (χ2n) is 13.8. The lowest BCUT2D eigenvalue weighted by molar-refractivity contribution is -0.153. The van der Waals surface area contributed by atoms with Gasteiger partial charge in [-0.1, -0.05) is 56.6 Å². The van der Waals surface area contributed by atoms with Crippen LogP contribution in [0.4, 0.5) is 4.39 Å². The van der Waals surface area contributed by atoms with E-state index in [1.165, 1.54) is 12.1 Å². The van der Waals surface area contributed by atoms with E-state index in [9.17, 15) is 13.2 Å². The van der Waals surface area contributed by atoms with E-state index in [1.807, 2.05) is 6.92 Å². The number of benzene rings is 1. The van der Waals surface area contributed by atoms with E-state index in [0.29, 0.717) is 9.79 Å². The second-order valence-corrected chi connectivity index (χ2v) is 24.3. The number of carbonyl (C=O) groups excluding carboxylic acids is 1. The van der Waals surface area contributed by atoms with E-state index < -0.39 is 55.6 Å². The molecule has 0 N–H and O–H groups in total. The lowest BCUT2D eigenvalue weighted by atomic mass is 9.95. The third-order valence-corrected chi connectivity index (χ3v) is 19.7. The number of halogens is 2. The fourth-order valence-electron chi connectivity index (χ4n) is 5.97. The normalized spacial score (nSPS) is 21.7. The van der Waals surface area contributed by atoms with Gasteiger partial charge in [0.1, 0.15) is 27.3 Å². The maximum absolute atomic E-state index is 16.8. The summed E-state index contributed by atoms with van der Waals surface area (Å²) in [5, 5.41) is 0.634. The van der Waals surface area contributed by atoms with Crippen molar-refractivity contribution < 1.29 is 30.7 Å². The molecule has 2 heterocycles. The van der Waals surface area contributed by atoms with Crippen molar-refractivity contribution in [3.8, 4) is 0 Å². The Kier molecular flexibility index (Phi) is 12.1. The van der Waals surface area contributed by atoms with Crippen LogP contribution in [0.1, 0.15) is 80.0 Å². The van der Waals surface area contributed by atoms with Crippen LogP contribution in [-0.2, 0) is 39.1 Å². The van der Waals surface area contributed by atoms with Crippen LogP contribution in [0.3, 0.4) is 0 Å². The molecule has 2 aromatic rings. The molecule has 0 fully saturated rings. The molecule has 0 unspecified atom stereocenters. The van der Waals surface area contributed by atoms with Crippen LogP contribution < -0.4 is 5.19 Å². The van der Waals surface area contributed by atoms with Crippen LogP contribution in [0.5, 0.6) is 0 Å². The Bertz CT molecular complexity index is 1740. The number of ether oxygens (including phenoxy) is 1. The molecule has 1 aromatic heterocycles. The lowest BCUT2D eigenvalue weighted by Crippen LogP contribution is -2.54. The minimum Gasteiger partial charge on any atom is -0.460 e. The van der Waals surface area contributed by atoms with Crippen LogP contribution in [-0.4, -0.2) is 66.6 Å². The second kappa shape index (κ2) is 14.5. The van der Waals surface area contributed by atoms with Crippen molar-refractivity contribution in [1.29, 1.82) is 0 Å². The van der Waals surface area contributed by atoms with Crippen molar-refractivity contribution in [2.45, 2.75) is 115 Å². The molecule has 0 saturated carbocycles. The van der Waals surface area contributed by atoms with Gasteiger partial charge in [0.15, 0.2) is 0 Å². The van der Waals surface area contributed by atoms with Crippen molar-refractivity contribution in [2.24, 2.45) is 9.36 Å². The average Bonchev–Trinajstić information content (AvgIpc) is 2.96. The highest BCUT2D eigenvalue weighted by atomic mass is 79.9. The first-order chi connectivity index (χ1) is 21.6. The number of pyridine rings is 1. The van der Waals surface area contributed by atoms with E-state index in [2.05, 4.69) is 46.0 Å². The Morgan fingerprint density at radius 1 is 1.11 bits per heavy atom. The molecule has 2 atom stereocenters. The Morgan fingerprint density at radius 2 is 1.68 bits per heavy atom. The maximum Gasteiger partial charge on any atom is 0.312 e. The van der Waals surface area contributed by atoms with Gasteiger partial charge in [-0.3, -0.25) is 14.0 Å². The molecule has 0 amide bonds. The fourth-order valence-corrected chi connectivity index (χ4v) is 13.8. The molecule has 0 bridgehead atoms. The number of carbonyl (C=O) groups is 1. The smallest absolute Gasteiger partial charge is 0.312 e. The first-order valence-electron chi connectivity index (χ1n) is 15.9. The Balaban J connectivity index is 2.15. The number of esters is 1. The van der Waals surface area contributed by atoms with Crippen molar-refractivity contribution in [3.05, 3.63) is 52.0 Å². The largest absolute Gasteiger partial charge is 0.460 e. The first kappa shape index (κ1) is 39.4. The van der Waals surface area contributed by atoms with Gasteiger partial charge in [-0.15, -0.1) is 0 Å². The number of aromatic nitrogens is 1. The molecule has 0 radical (unpaired) electrons. The molecule has 1 aliphatic rings. The summed E-state index contributed by atoms with van der Waals surface area (Å²) in [6.07, 6.45) is -0.287. The number of hydrogen-bond donors (Lipinski definition) is 0. The summed E-state index contributed by atoms with van der Waals surface area (Å²) in [6.45, 7) is 17.8. The van der Waals surface area contributed by atoms with Gasteiger partial charge >= 0.3 is 5.97 Å². The molecular weight excluding hydrogens is 725 g/mol. The van der Waals surface area contributed by atoms with Gasteiger partial charge in [-0.25, -0.2) is 17.9 Å². The predicted molar refractivity (Wildman–Crippen MR) is 193 cm³/mol. The quantitative estimate of drug-likeness (QED) is 0.0744. The van der Waals surface area contributed by atoms with E-state index in [-0.39, 0.29) is 41.6 Å². The van der Waals surface area contributed by atoms with Crippen LogP contribution in [0.25, 0.3) is 0 Å². The van der Waals surface area contributed by atoms with Crippen molar-refractivity contribution in [3.63, 3.8) is 0 Å². The van der Waals surface area contributed by atoms with Crippen LogP contribution >= 0.6 is 15.9 Å². The Labute approximate surface area is 290 Å². The Morgan fingerprint density at radius 3 is 2.21 bits per heavy atom. The molecular formula is C33H49BrFN3O6S2Si. The van der Waals surface area contributed by atoms with Crippen LogP contribution in [0.15, 0.2) is 49.2 Å². The highest BCUT2D eigenvalue weighted by molar-refractivity contribution is 9.10. The molecule has 47 heavy (non-hydrogen) atoms. The summed E-state index contributed by atoms with van der Waals surface area (Å²) in [5.41, 5.74) is -1.05. The predicted octanol–water partition coefficient (Wildman–Crippen LogP) is 7.06. The summed E-state index contributed by atoms with van der Waals surface area (Å²) in [7, 11) is -9.66. The van der Waals surface area contributed by atoms with Gasteiger partial charge in [0, 0.05) is 5.71 Å². The van der Waals surface area contributed by atoms with Gasteiger partial charge in [-0.2, -0.15) is 8.42 Å².